The van der Waals surface area contributed by atoms with Crippen LogP contribution in [-0.4, -0.2) is 39.0 Å². The summed E-state index contributed by atoms with van der Waals surface area (Å²) in [4.78, 5) is 12.5. The van der Waals surface area contributed by atoms with Gasteiger partial charge in [-0.1, -0.05) is 12.1 Å². The van der Waals surface area contributed by atoms with Gasteiger partial charge in [0.1, 0.15) is 5.82 Å². The first-order valence-electron chi connectivity index (χ1n) is 9.47. The molecule has 7 nitrogen and oxygen atoms in total. The van der Waals surface area contributed by atoms with E-state index in [1.165, 1.54) is 0 Å². The van der Waals surface area contributed by atoms with Gasteiger partial charge in [-0.25, -0.2) is 0 Å². The Morgan fingerprint density at radius 2 is 1.86 bits per heavy atom. The Kier molecular flexibility index (Phi) is 6.03. The standard InChI is InChI=1S/C21H26N6O/c1-5-22-20-11-10-19(24-25-20)17-6-8-18(9-7-17)21(28)23-13-16(4)27-15(3)12-14(2)26-27/h6-12,16H,5,13H2,1-4H3,(H,22,25)(H,23,28)/t16-/m1/s1. The van der Waals surface area contributed by atoms with Crippen molar-refractivity contribution in [2.24, 2.45) is 0 Å². The zero-order valence-corrected chi connectivity index (χ0v) is 16.7. The summed E-state index contributed by atoms with van der Waals surface area (Å²) in [5, 5.41) is 18.9. The number of nitrogens with zero attached hydrogens (tertiary/aromatic N) is 4. The largest absolute Gasteiger partial charge is 0.369 e. The highest BCUT2D eigenvalue weighted by Crippen LogP contribution is 2.18. The first kappa shape index (κ1) is 19.5. The second kappa shape index (κ2) is 8.65. The Bertz CT molecular complexity index is 931. The molecule has 0 saturated heterocycles. The van der Waals surface area contributed by atoms with Gasteiger partial charge >= 0.3 is 0 Å². The molecule has 1 aromatic carbocycles. The van der Waals surface area contributed by atoms with Gasteiger partial charge in [0.25, 0.3) is 5.91 Å². The van der Waals surface area contributed by atoms with Crippen molar-refractivity contribution < 1.29 is 4.79 Å². The van der Waals surface area contributed by atoms with Crippen LogP contribution in [0.2, 0.25) is 0 Å². The van der Waals surface area contributed by atoms with Crippen molar-refractivity contribution in [3.05, 3.63) is 59.4 Å². The fourth-order valence-electron chi connectivity index (χ4n) is 3.08. The predicted molar refractivity (Wildman–Crippen MR) is 110 cm³/mol. The predicted octanol–water partition coefficient (Wildman–Crippen LogP) is 3.38. The van der Waals surface area contributed by atoms with Gasteiger partial charge in [-0.15, -0.1) is 10.2 Å². The van der Waals surface area contributed by atoms with Crippen LogP contribution >= 0.6 is 0 Å². The number of nitrogens with one attached hydrogen (secondary N) is 2. The lowest BCUT2D eigenvalue weighted by molar-refractivity contribution is 0.0947. The lowest BCUT2D eigenvalue weighted by Crippen LogP contribution is -2.30. The third-order valence-electron chi connectivity index (χ3n) is 4.49. The molecule has 1 amide bonds. The molecule has 0 saturated carbocycles. The molecule has 0 aliphatic heterocycles. The molecule has 2 heterocycles. The van der Waals surface area contributed by atoms with Gasteiger partial charge in [0, 0.05) is 29.9 Å². The van der Waals surface area contributed by atoms with E-state index in [4.69, 9.17) is 0 Å². The van der Waals surface area contributed by atoms with Crippen LogP contribution in [0.25, 0.3) is 11.3 Å². The van der Waals surface area contributed by atoms with Gasteiger partial charge in [-0.05, 0) is 58.0 Å². The van der Waals surface area contributed by atoms with E-state index in [2.05, 4.69) is 25.9 Å². The average Bonchev–Trinajstić information content (AvgIpc) is 3.05. The van der Waals surface area contributed by atoms with E-state index in [0.717, 1.165) is 35.0 Å². The maximum absolute atomic E-state index is 12.5. The van der Waals surface area contributed by atoms with Crippen molar-refractivity contribution in [1.29, 1.82) is 0 Å². The van der Waals surface area contributed by atoms with Gasteiger partial charge in [-0.3, -0.25) is 9.48 Å². The summed E-state index contributed by atoms with van der Waals surface area (Å²) < 4.78 is 1.94. The van der Waals surface area contributed by atoms with E-state index >= 15 is 0 Å². The lowest BCUT2D eigenvalue weighted by atomic mass is 10.1. The molecule has 1 atom stereocenters. The molecule has 3 aromatic rings. The quantitative estimate of drug-likeness (QED) is 0.658. The molecular weight excluding hydrogens is 352 g/mol. The van der Waals surface area contributed by atoms with Gasteiger partial charge < -0.3 is 10.6 Å². The number of anilines is 1. The zero-order valence-electron chi connectivity index (χ0n) is 16.7. The molecule has 0 aliphatic rings. The Labute approximate surface area is 165 Å². The normalized spacial score (nSPS) is 11.9. The molecule has 28 heavy (non-hydrogen) atoms. The molecule has 7 heteroatoms. The molecule has 0 fully saturated rings. The third kappa shape index (κ3) is 4.54. The minimum absolute atomic E-state index is 0.0856. The van der Waals surface area contributed by atoms with Crippen LogP contribution in [0.5, 0.6) is 0 Å². The lowest BCUT2D eigenvalue weighted by Gasteiger charge is -2.15. The van der Waals surface area contributed by atoms with Crippen LogP contribution in [-0.2, 0) is 0 Å². The van der Waals surface area contributed by atoms with Crippen molar-refractivity contribution in [2.45, 2.75) is 33.7 Å². The van der Waals surface area contributed by atoms with Crippen LogP contribution in [0.1, 0.15) is 41.6 Å². The second-order valence-electron chi connectivity index (χ2n) is 6.84. The monoisotopic (exact) mass is 378 g/mol. The number of benzene rings is 1. The van der Waals surface area contributed by atoms with E-state index in [-0.39, 0.29) is 11.9 Å². The Morgan fingerprint density at radius 3 is 2.43 bits per heavy atom. The number of hydrogen-bond donors (Lipinski definition) is 2. The van der Waals surface area contributed by atoms with Gasteiger partial charge in [0.2, 0.25) is 0 Å². The Balaban J connectivity index is 1.61. The van der Waals surface area contributed by atoms with Crippen LogP contribution in [0.4, 0.5) is 5.82 Å². The molecular formula is C21H26N6O. The van der Waals surface area contributed by atoms with Crippen molar-refractivity contribution in [3.8, 4) is 11.3 Å². The smallest absolute Gasteiger partial charge is 0.251 e. The van der Waals surface area contributed by atoms with E-state index < -0.39 is 0 Å². The third-order valence-corrected chi connectivity index (χ3v) is 4.49. The SMILES string of the molecule is CCNc1ccc(-c2ccc(C(=O)NC[C@@H](C)n3nc(C)cc3C)cc2)nn1. The number of aromatic nitrogens is 4. The van der Waals surface area contributed by atoms with Gasteiger partial charge in [0.05, 0.1) is 17.4 Å². The molecule has 2 N–H and O–H groups in total. The van der Waals surface area contributed by atoms with Crippen LogP contribution in [0, 0.1) is 13.8 Å². The van der Waals surface area contributed by atoms with Gasteiger partial charge in [0.15, 0.2) is 0 Å². The van der Waals surface area contributed by atoms with Crippen molar-refractivity contribution in [2.75, 3.05) is 18.4 Å². The van der Waals surface area contributed by atoms with Crippen molar-refractivity contribution >= 4 is 11.7 Å². The highest BCUT2D eigenvalue weighted by molar-refractivity contribution is 5.94. The summed E-state index contributed by atoms with van der Waals surface area (Å²) in [7, 11) is 0. The summed E-state index contributed by atoms with van der Waals surface area (Å²) in [6.45, 7) is 9.35. The molecule has 0 spiro atoms. The molecule has 0 aliphatic carbocycles. The second-order valence-corrected chi connectivity index (χ2v) is 6.84. The van der Waals surface area contributed by atoms with Crippen molar-refractivity contribution in [1.82, 2.24) is 25.3 Å². The highest BCUT2D eigenvalue weighted by atomic mass is 16.1. The van der Waals surface area contributed by atoms with Crippen molar-refractivity contribution in [3.63, 3.8) is 0 Å². The molecule has 2 aromatic heterocycles. The number of carbonyl (C=O) groups excluding carboxylic acids is 1. The van der Waals surface area contributed by atoms with Gasteiger partial charge in [-0.2, -0.15) is 5.10 Å². The number of carbonyl (C=O) groups is 1. The Hall–Kier alpha value is -3.22. The van der Waals surface area contributed by atoms with E-state index in [1.54, 1.807) is 12.1 Å². The fraction of sp³-hybridized carbons (Fsp3) is 0.333. The van der Waals surface area contributed by atoms with E-state index in [0.29, 0.717) is 12.1 Å². The minimum Gasteiger partial charge on any atom is -0.369 e. The minimum atomic E-state index is -0.103. The molecule has 146 valence electrons. The van der Waals surface area contributed by atoms with E-state index in [9.17, 15) is 4.79 Å². The molecule has 0 bridgehead atoms. The zero-order chi connectivity index (χ0) is 20.1. The van der Waals surface area contributed by atoms with Crippen LogP contribution in [0.15, 0.2) is 42.5 Å². The fourth-order valence-corrected chi connectivity index (χ4v) is 3.08. The number of amides is 1. The molecule has 0 unspecified atom stereocenters. The summed E-state index contributed by atoms with van der Waals surface area (Å²) in [6.07, 6.45) is 0. The summed E-state index contributed by atoms with van der Waals surface area (Å²) in [6, 6.07) is 13.3. The summed E-state index contributed by atoms with van der Waals surface area (Å²) in [5.74, 6) is 0.646. The first-order valence-corrected chi connectivity index (χ1v) is 9.47. The summed E-state index contributed by atoms with van der Waals surface area (Å²) in [5.41, 5.74) is 4.37. The number of aryl methyl sites for hydroxylation is 2. The average molecular weight is 378 g/mol. The number of rotatable bonds is 7. The summed E-state index contributed by atoms with van der Waals surface area (Å²) >= 11 is 0. The maximum Gasteiger partial charge on any atom is 0.251 e. The first-order chi connectivity index (χ1) is 13.5. The van der Waals surface area contributed by atoms with Crippen LogP contribution < -0.4 is 10.6 Å². The number of hydrogen-bond acceptors (Lipinski definition) is 5. The molecule has 0 radical (unpaired) electrons. The maximum atomic E-state index is 12.5. The Morgan fingerprint density at radius 1 is 1.11 bits per heavy atom. The highest BCUT2D eigenvalue weighted by Gasteiger charge is 2.12. The van der Waals surface area contributed by atoms with E-state index in [1.807, 2.05) is 62.7 Å². The topological polar surface area (TPSA) is 84.7 Å². The van der Waals surface area contributed by atoms with Crippen LogP contribution in [0.3, 0.4) is 0 Å². The molecule has 3 rings (SSSR count).